The van der Waals surface area contributed by atoms with Crippen LogP contribution >= 0.6 is 0 Å². The molecule has 2 aromatic carbocycles. The van der Waals surface area contributed by atoms with Crippen LogP contribution in [-0.2, 0) is 11.2 Å². The number of phenolic OH excluding ortho intramolecular Hbond substituents is 1. The summed E-state index contributed by atoms with van der Waals surface area (Å²) in [6, 6.07) is 8.06. The Morgan fingerprint density at radius 2 is 1.52 bits per heavy atom. The summed E-state index contributed by atoms with van der Waals surface area (Å²) in [7, 11) is 5.98. The van der Waals surface area contributed by atoms with Crippen LogP contribution < -0.4 is 24.3 Å². The number of nitrogens with one attached hydrogen (secondary N) is 1. The molecular formula is C18H21NO6. The Bertz CT molecular complexity index is 734. The molecule has 7 heteroatoms. The molecule has 0 spiro atoms. The molecule has 2 N–H and O–H groups in total. The van der Waals surface area contributed by atoms with Gasteiger partial charge in [-0.15, -0.1) is 0 Å². The van der Waals surface area contributed by atoms with Crippen molar-refractivity contribution in [1.82, 2.24) is 0 Å². The number of rotatable bonds is 7. The van der Waals surface area contributed by atoms with Crippen LogP contribution in [0, 0.1) is 0 Å². The number of methoxy groups -OCH3 is 4. The Morgan fingerprint density at radius 1 is 0.920 bits per heavy atom. The highest BCUT2D eigenvalue weighted by Crippen LogP contribution is 2.40. The van der Waals surface area contributed by atoms with Gasteiger partial charge in [-0.05, 0) is 17.7 Å². The fourth-order valence-electron chi connectivity index (χ4n) is 2.38. The number of phenols is 1. The fourth-order valence-corrected chi connectivity index (χ4v) is 2.38. The number of amides is 1. The van der Waals surface area contributed by atoms with Gasteiger partial charge in [-0.2, -0.15) is 0 Å². The van der Waals surface area contributed by atoms with Crippen molar-refractivity contribution in [2.24, 2.45) is 0 Å². The summed E-state index contributed by atoms with van der Waals surface area (Å²) in [5.74, 6) is 1.45. The third kappa shape index (κ3) is 4.26. The number of benzene rings is 2. The molecule has 0 fully saturated rings. The Hall–Kier alpha value is -3.09. The lowest BCUT2D eigenvalue weighted by Gasteiger charge is -2.14. The van der Waals surface area contributed by atoms with Gasteiger partial charge in [-0.1, -0.05) is 6.07 Å². The normalized spacial score (nSPS) is 10.1. The Balaban J connectivity index is 2.17. The Labute approximate surface area is 146 Å². The van der Waals surface area contributed by atoms with E-state index in [-0.39, 0.29) is 18.1 Å². The second-order valence-corrected chi connectivity index (χ2v) is 5.15. The number of carbonyl (C=O) groups excluding carboxylic acids is 1. The van der Waals surface area contributed by atoms with Gasteiger partial charge < -0.3 is 29.4 Å². The van der Waals surface area contributed by atoms with E-state index in [2.05, 4.69) is 5.32 Å². The minimum absolute atomic E-state index is 0.0243. The van der Waals surface area contributed by atoms with Gasteiger partial charge >= 0.3 is 0 Å². The molecule has 2 rings (SSSR count). The predicted molar refractivity (Wildman–Crippen MR) is 93.1 cm³/mol. The molecule has 0 saturated heterocycles. The van der Waals surface area contributed by atoms with E-state index >= 15 is 0 Å². The molecule has 0 aliphatic rings. The van der Waals surface area contributed by atoms with Crippen molar-refractivity contribution in [3.05, 3.63) is 35.9 Å². The van der Waals surface area contributed by atoms with E-state index in [0.29, 0.717) is 34.2 Å². The molecule has 0 unspecified atom stereocenters. The van der Waals surface area contributed by atoms with Crippen LogP contribution in [0.15, 0.2) is 30.3 Å². The highest BCUT2D eigenvalue weighted by atomic mass is 16.5. The standard InChI is InChI=1S/C18H21NO6/c1-22-14-7-11(5-6-13(14)20)8-17(21)19-12-9-15(23-2)18(25-4)16(10-12)24-3/h5-7,9-10,20H,8H2,1-4H3,(H,19,21). The maximum absolute atomic E-state index is 12.3. The maximum atomic E-state index is 12.3. The molecule has 0 bridgehead atoms. The van der Waals surface area contributed by atoms with E-state index < -0.39 is 0 Å². The summed E-state index contributed by atoms with van der Waals surface area (Å²) in [6.45, 7) is 0. The van der Waals surface area contributed by atoms with Crippen LogP contribution in [0.4, 0.5) is 5.69 Å². The highest BCUT2D eigenvalue weighted by molar-refractivity contribution is 5.93. The summed E-state index contributed by atoms with van der Waals surface area (Å²) in [5.41, 5.74) is 1.23. The van der Waals surface area contributed by atoms with E-state index in [0.717, 1.165) is 0 Å². The zero-order valence-electron chi connectivity index (χ0n) is 14.6. The topological polar surface area (TPSA) is 86.3 Å². The Kier molecular flexibility index (Phi) is 5.94. The SMILES string of the molecule is COc1cc(CC(=O)Nc2cc(OC)c(OC)c(OC)c2)ccc1O. The van der Waals surface area contributed by atoms with Gasteiger partial charge in [0.15, 0.2) is 23.0 Å². The van der Waals surface area contributed by atoms with Gasteiger partial charge in [0.05, 0.1) is 34.9 Å². The lowest BCUT2D eigenvalue weighted by atomic mass is 10.1. The molecular weight excluding hydrogens is 326 g/mol. The zero-order valence-corrected chi connectivity index (χ0v) is 14.6. The first-order valence-electron chi connectivity index (χ1n) is 7.48. The minimum atomic E-state index is -0.234. The number of carbonyl (C=O) groups is 1. The van der Waals surface area contributed by atoms with Crippen molar-refractivity contribution in [3.8, 4) is 28.7 Å². The highest BCUT2D eigenvalue weighted by Gasteiger charge is 2.15. The molecule has 0 radical (unpaired) electrons. The number of hydrogen-bond acceptors (Lipinski definition) is 6. The van der Waals surface area contributed by atoms with E-state index in [1.54, 1.807) is 24.3 Å². The van der Waals surface area contributed by atoms with E-state index in [9.17, 15) is 9.90 Å². The van der Waals surface area contributed by atoms with Gasteiger partial charge in [0.1, 0.15) is 0 Å². The molecule has 134 valence electrons. The van der Waals surface area contributed by atoms with E-state index in [1.807, 2.05) is 0 Å². The van der Waals surface area contributed by atoms with Crippen LogP contribution in [0.2, 0.25) is 0 Å². The third-order valence-electron chi connectivity index (χ3n) is 3.56. The van der Waals surface area contributed by atoms with Crippen LogP contribution in [0.5, 0.6) is 28.7 Å². The molecule has 0 saturated carbocycles. The van der Waals surface area contributed by atoms with Gasteiger partial charge in [-0.3, -0.25) is 4.79 Å². The van der Waals surface area contributed by atoms with Crippen LogP contribution in [0.1, 0.15) is 5.56 Å². The van der Waals surface area contributed by atoms with Gasteiger partial charge in [0.25, 0.3) is 0 Å². The smallest absolute Gasteiger partial charge is 0.228 e. The fraction of sp³-hybridized carbons (Fsp3) is 0.278. The average molecular weight is 347 g/mol. The summed E-state index contributed by atoms with van der Waals surface area (Å²) in [4.78, 5) is 12.3. The molecule has 7 nitrogen and oxygen atoms in total. The Morgan fingerprint density at radius 3 is 2.04 bits per heavy atom. The summed E-state index contributed by atoms with van der Waals surface area (Å²) < 4.78 is 20.8. The largest absolute Gasteiger partial charge is 0.504 e. The summed E-state index contributed by atoms with van der Waals surface area (Å²) in [6.07, 6.45) is 0.118. The van der Waals surface area contributed by atoms with Crippen LogP contribution in [0.25, 0.3) is 0 Å². The van der Waals surface area contributed by atoms with Crippen molar-refractivity contribution in [1.29, 1.82) is 0 Å². The average Bonchev–Trinajstić information content (AvgIpc) is 2.62. The molecule has 0 aliphatic carbocycles. The molecule has 1 amide bonds. The zero-order chi connectivity index (χ0) is 18.4. The lowest BCUT2D eigenvalue weighted by Crippen LogP contribution is -2.14. The predicted octanol–water partition coefficient (Wildman–Crippen LogP) is 2.61. The minimum Gasteiger partial charge on any atom is -0.504 e. The summed E-state index contributed by atoms with van der Waals surface area (Å²) in [5, 5.41) is 12.4. The number of anilines is 1. The lowest BCUT2D eigenvalue weighted by molar-refractivity contribution is -0.115. The number of ether oxygens (including phenoxy) is 4. The van der Waals surface area contributed by atoms with Crippen molar-refractivity contribution in [2.75, 3.05) is 33.8 Å². The summed E-state index contributed by atoms with van der Waals surface area (Å²) >= 11 is 0. The molecule has 0 aromatic heterocycles. The van der Waals surface area contributed by atoms with E-state index in [4.69, 9.17) is 18.9 Å². The van der Waals surface area contributed by atoms with Gasteiger partial charge in [0.2, 0.25) is 11.7 Å². The van der Waals surface area contributed by atoms with Crippen molar-refractivity contribution < 1.29 is 28.8 Å². The van der Waals surface area contributed by atoms with Crippen molar-refractivity contribution in [3.63, 3.8) is 0 Å². The third-order valence-corrected chi connectivity index (χ3v) is 3.56. The number of aromatic hydroxyl groups is 1. The van der Waals surface area contributed by atoms with Gasteiger partial charge in [-0.25, -0.2) is 0 Å². The monoisotopic (exact) mass is 347 g/mol. The quantitative estimate of drug-likeness (QED) is 0.801. The van der Waals surface area contributed by atoms with Crippen molar-refractivity contribution >= 4 is 11.6 Å². The first-order valence-corrected chi connectivity index (χ1v) is 7.48. The first-order chi connectivity index (χ1) is 12.0. The molecule has 2 aromatic rings. The molecule has 0 heterocycles. The molecule has 0 atom stereocenters. The van der Waals surface area contributed by atoms with Crippen molar-refractivity contribution in [2.45, 2.75) is 6.42 Å². The molecule has 25 heavy (non-hydrogen) atoms. The van der Waals surface area contributed by atoms with E-state index in [1.165, 1.54) is 34.5 Å². The van der Waals surface area contributed by atoms with Gasteiger partial charge in [0, 0.05) is 17.8 Å². The van der Waals surface area contributed by atoms with Crippen LogP contribution in [-0.4, -0.2) is 39.5 Å². The molecule has 0 aliphatic heterocycles. The second-order valence-electron chi connectivity index (χ2n) is 5.15. The first kappa shape index (κ1) is 18.3. The van der Waals surface area contributed by atoms with Crippen LogP contribution in [0.3, 0.4) is 0 Å². The maximum Gasteiger partial charge on any atom is 0.228 e. The second kappa shape index (κ2) is 8.14. The number of hydrogen-bond donors (Lipinski definition) is 2.